The van der Waals surface area contributed by atoms with Crippen molar-refractivity contribution in [1.82, 2.24) is 0 Å². The van der Waals surface area contributed by atoms with E-state index in [0.29, 0.717) is 10.1 Å². The molecule has 0 aliphatic rings. The van der Waals surface area contributed by atoms with Crippen molar-refractivity contribution in [3.8, 4) is 0 Å². The van der Waals surface area contributed by atoms with Gasteiger partial charge in [0.25, 0.3) is 0 Å². The van der Waals surface area contributed by atoms with Crippen molar-refractivity contribution in [3.05, 3.63) is 0 Å². The van der Waals surface area contributed by atoms with Gasteiger partial charge in [0.2, 0.25) is 0 Å². The van der Waals surface area contributed by atoms with Crippen LogP contribution in [0.3, 0.4) is 0 Å². The van der Waals surface area contributed by atoms with Gasteiger partial charge in [-0.2, -0.15) is 0 Å². The maximum absolute atomic E-state index is 4.78. The van der Waals surface area contributed by atoms with Crippen LogP contribution in [0.4, 0.5) is 0 Å². The summed E-state index contributed by atoms with van der Waals surface area (Å²) in [5, 5.41) is 0.958. The molecule has 0 rings (SSSR count). The second-order valence-corrected chi connectivity index (χ2v) is 97.3. The third kappa shape index (κ3) is 4.26. The summed E-state index contributed by atoms with van der Waals surface area (Å²) in [4.78, 5) is 0. The topological polar surface area (TPSA) is 0 Å². The molecule has 162 valence electrons. The predicted octanol–water partition coefficient (Wildman–Crippen LogP) is 8.37. The number of hydrogen-bond donors (Lipinski definition) is 0. The van der Waals surface area contributed by atoms with E-state index in [2.05, 4.69) is 107 Å². The summed E-state index contributed by atoms with van der Waals surface area (Å²) < 4.78 is -1.71. The minimum atomic E-state index is -1.71. The first-order valence-electron chi connectivity index (χ1n) is 10.4. The number of halogens is 2. The van der Waals surface area contributed by atoms with Crippen molar-refractivity contribution >= 4 is 80.0 Å². The number of hydrogen-bond acceptors (Lipinski definition) is 0. The maximum Gasteiger partial charge on any atom is 0.171 e. The summed E-state index contributed by atoms with van der Waals surface area (Å²) >= 11 is 9.57. The van der Waals surface area contributed by atoms with E-state index in [0.717, 1.165) is 0 Å². The van der Waals surface area contributed by atoms with Gasteiger partial charge in [0, 0.05) is 31.8 Å². The lowest BCUT2D eigenvalue weighted by atomic mass is 10.2. The monoisotopic (exact) mass is 618 g/mol. The molecule has 0 aromatic carbocycles. The van der Waals surface area contributed by atoms with Crippen LogP contribution in [-0.4, -0.2) is 49.4 Å². The van der Waals surface area contributed by atoms with Gasteiger partial charge in [0.05, 0.1) is 13.3 Å². The summed E-state index contributed by atoms with van der Waals surface area (Å²) in [5.41, 5.74) is 0. The zero-order valence-electron chi connectivity index (χ0n) is 21.3. The molecule has 9 heteroatoms. The van der Waals surface area contributed by atoms with Crippen LogP contribution in [0.15, 0.2) is 0 Å². The molecule has 0 bridgehead atoms. The molecule has 0 saturated heterocycles. The van der Waals surface area contributed by atoms with Crippen molar-refractivity contribution < 1.29 is 0 Å². The Morgan fingerprint density at radius 3 is 0.815 bits per heavy atom. The molecule has 0 heterocycles. The number of rotatable bonds is 6. The maximum atomic E-state index is 4.78. The van der Waals surface area contributed by atoms with E-state index in [1.807, 2.05) is 0 Å². The molecule has 2 unspecified atom stereocenters. The first kappa shape index (κ1) is 29.5. The van der Waals surface area contributed by atoms with Crippen molar-refractivity contribution in [2.45, 2.75) is 117 Å². The van der Waals surface area contributed by atoms with E-state index in [4.69, 9.17) is 30.6 Å². The first-order valence-corrected chi connectivity index (χ1v) is 38.9. The van der Waals surface area contributed by atoms with E-state index < -0.39 is 32.8 Å². The Balaban J connectivity index is 7.19. The Morgan fingerprint density at radius 2 is 0.704 bits per heavy atom. The third-order valence-electron chi connectivity index (χ3n) is 9.51. The highest BCUT2D eigenvalue weighted by Crippen LogP contribution is 2.56. The molecule has 0 fully saturated rings. The van der Waals surface area contributed by atoms with Gasteiger partial charge >= 0.3 is 0 Å². The van der Waals surface area contributed by atoms with Gasteiger partial charge in [-0.05, 0) is 10.1 Å². The lowest BCUT2D eigenvalue weighted by Gasteiger charge is -2.65. The molecule has 0 N–H and O–H groups in total. The van der Waals surface area contributed by atoms with E-state index in [1.54, 1.807) is 0 Å². The Morgan fingerprint density at radius 1 is 0.519 bits per heavy atom. The highest BCUT2D eigenvalue weighted by Gasteiger charge is 2.74. The van der Waals surface area contributed by atoms with Crippen LogP contribution in [-0.2, 0) is 0 Å². The second-order valence-electron chi connectivity index (χ2n) is 12.6. The molecule has 2 atom stereocenters. The van der Waals surface area contributed by atoms with E-state index in [-0.39, 0.29) is 16.6 Å². The molecule has 0 amide bonds. The Hall–Kier alpha value is 2.48. The standard InChI is InChI=1S/C18H48Br2Si7/c1-17(2,3)23(11,12)25(15,21(7)8)27(19,20)26(16,22(9)10)24(13,14)18(4,5)6/h1-16H3. The summed E-state index contributed by atoms with van der Waals surface area (Å²) in [6.45, 7) is 40.1. The lowest BCUT2D eigenvalue weighted by Crippen LogP contribution is -2.92. The molecule has 0 spiro atoms. The van der Waals surface area contributed by atoms with Gasteiger partial charge in [0.1, 0.15) is 0 Å². The van der Waals surface area contributed by atoms with Crippen molar-refractivity contribution in [2.75, 3.05) is 0 Å². The fraction of sp³-hybridized carbons (Fsp3) is 1.00. The van der Waals surface area contributed by atoms with E-state index in [1.165, 1.54) is 0 Å². The largest absolute Gasteiger partial charge is 0.171 e. The highest BCUT2D eigenvalue weighted by molar-refractivity contribution is 9.56. The zero-order valence-corrected chi connectivity index (χ0v) is 31.4. The molecule has 0 aliphatic carbocycles. The Bertz CT molecular complexity index is 487. The van der Waals surface area contributed by atoms with Gasteiger partial charge < -0.3 is 0 Å². The Labute approximate surface area is 195 Å². The van der Waals surface area contributed by atoms with E-state index in [9.17, 15) is 0 Å². The summed E-state index contributed by atoms with van der Waals surface area (Å²) in [5.74, 6) is 0. The van der Waals surface area contributed by atoms with Crippen LogP contribution in [0.2, 0.25) is 75.5 Å². The summed E-state index contributed by atoms with van der Waals surface area (Å²) in [6.07, 6.45) is 0. The van der Waals surface area contributed by atoms with Crippen molar-refractivity contribution in [1.29, 1.82) is 0 Å². The zero-order chi connectivity index (χ0) is 22.7. The smallest absolute Gasteiger partial charge is 0.119 e. The van der Waals surface area contributed by atoms with Crippen molar-refractivity contribution in [2.24, 2.45) is 0 Å². The van der Waals surface area contributed by atoms with Gasteiger partial charge in [-0.25, -0.2) is 0 Å². The Kier molecular flexibility index (Phi) is 9.21. The molecule has 0 aliphatic heterocycles. The molecule has 0 aromatic rings. The SMILES string of the molecule is C[Si](C)[Si](C)([Si](C)(C)C(C)(C)C)[Si](Br)(Br)[Si](C)([Si](C)C)[Si](C)(C)C(C)(C)C. The van der Waals surface area contributed by atoms with Crippen LogP contribution in [0.5, 0.6) is 0 Å². The van der Waals surface area contributed by atoms with Crippen LogP contribution < -0.4 is 0 Å². The quantitative estimate of drug-likeness (QED) is 0.207. The van der Waals surface area contributed by atoms with Crippen LogP contribution in [0, 0.1) is 0 Å². The molecule has 2 radical (unpaired) electrons. The molecule has 0 aromatic heterocycles. The summed E-state index contributed by atoms with van der Waals surface area (Å²) in [6, 6.07) is 0. The minimum absolute atomic E-state index is 0.346. The lowest BCUT2D eigenvalue weighted by molar-refractivity contribution is 0.733. The van der Waals surface area contributed by atoms with Crippen LogP contribution >= 0.6 is 30.6 Å². The van der Waals surface area contributed by atoms with Gasteiger partial charge in [0.15, 0.2) is 4.35 Å². The fourth-order valence-corrected chi connectivity index (χ4v) is 280. The van der Waals surface area contributed by atoms with Crippen LogP contribution in [0.1, 0.15) is 41.5 Å². The first-order chi connectivity index (χ1) is 11.4. The second kappa shape index (κ2) is 8.44. The molecule has 0 saturated carbocycles. The third-order valence-corrected chi connectivity index (χ3v) is 194. The van der Waals surface area contributed by atoms with Gasteiger partial charge in [-0.15, -0.1) is 30.6 Å². The average molecular weight is 621 g/mol. The molecular formula is C18H48Br2Si7. The molecule has 0 nitrogen and oxygen atoms in total. The average Bonchev–Trinajstić information content (AvgIpc) is 2.41. The van der Waals surface area contributed by atoms with E-state index >= 15 is 0 Å². The summed E-state index contributed by atoms with van der Waals surface area (Å²) in [7, 11) is -3.54. The minimum Gasteiger partial charge on any atom is -0.119 e. The highest BCUT2D eigenvalue weighted by atomic mass is 79.9. The van der Waals surface area contributed by atoms with Gasteiger partial charge in [-0.3, -0.25) is 0 Å². The normalized spacial score (nSPS) is 20.0. The predicted molar refractivity (Wildman–Crippen MR) is 156 cm³/mol. The molecular weight excluding hydrogens is 573 g/mol. The van der Waals surface area contributed by atoms with Crippen LogP contribution in [0.25, 0.3) is 0 Å². The van der Waals surface area contributed by atoms with Crippen molar-refractivity contribution in [3.63, 3.8) is 0 Å². The fourth-order valence-electron chi connectivity index (χ4n) is 4.66. The molecule has 27 heavy (non-hydrogen) atoms. The van der Waals surface area contributed by atoms with Gasteiger partial charge in [-0.1, -0.05) is 107 Å².